The highest BCUT2D eigenvalue weighted by molar-refractivity contribution is 9.10. The van der Waals surface area contributed by atoms with Crippen LogP contribution in [0.15, 0.2) is 29.1 Å². The van der Waals surface area contributed by atoms with Crippen LogP contribution in [0, 0.1) is 0 Å². The lowest BCUT2D eigenvalue weighted by atomic mass is 10.2. The molecular formula is C14H15BrF2N6O. The van der Waals surface area contributed by atoms with Gasteiger partial charge in [0, 0.05) is 12.1 Å². The van der Waals surface area contributed by atoms with Crippen molar-refractivity contribution in [3.8, 4) is 5.75 Å². The van der Waals surface area contributed by atoms with E-state index in [9.17, 15) is 8.78 Å². The number of ether oxygens (including phenoxy) is 1. The molecule has 24 heavy (non-hydrogen) atoms. The first-order valence-corrected chi connectivity index (χ1v) is 8.17. The van der Waals surface area contributed by atoms with Gasteiger partial charge in [-0.1, -0.05) is 0 Å². The normalized spacial score (nSPS) is 20.2. The molecule has 1 fully saturated rings. The van der Waals surface area contributed by atoms with Crippen LogP contribution in [0.2, 0.25) is 0 Å². The van der Waals surface area contributed by atoms with Gasteiger partial charge in [0.2, 0.25) is 5.95 Å². The number of alkyl halides is 2. The minimum atomic E-state index is -2.88. The number of hydrogen-bond donors (Lipinski definition) is 2. The van der Waals surface area contributed by atoms with E-state index in [-0.39, 0.29) is 17.8 Å². The average Bonchev–Trinajstić information content (AvgIpc) is 2.98. The number of rotatable bonds is 6. The quantitative estimate of drug-likeness (QED) is 0.770. The molecule has 0 amide bonds. The van der Waals surface area contributed by atoms with E-state index in [1.54, 1.807) is 0 Å². The average molecular weight is 401 g/mol. The maximum Gasteiger partial charge on any atom is 0.387 e. The molecule has 1 saturated carbocycles. The van der Waals surface area contributed by atoms with E-state index in [1.807, 2.05) is 12.1 Å². The predicted molar refractivity (Wildman–Crippen MR) is 87.1 cm³/mol. The number of nitrogens with zero attached hydrogens (tertiary/aromatic N) is 4. The summed E-state index contributed by atoms with van der Waals surface area (Å²) >= 11 is 3.25. The Labute approximate surface area is 145 Å². The first-order chi connectivity index (χ1) is 11.6. The zero-order valence-electron chi connectivity index (χ0n) is 12.5. The third-order valence-electron chi connectivity index (χ3n) is 3.60. The van der Waals surface area contributed by atoms with Gasteiger partial charge in [-0.25, -0.2) is 9.97 Å². The van der Waals surface area contributed by atoms with E-state index in [4.69, 9.17) is 0 Å². The molecular weight excluding hydrogens is 386 g/mol. The molecule has 128 valence electrons. The van der Waals surface area contributed by atoms with Gasteiger partial charge in [-0.2, -0.15) is 8.78 Å². The molecule has 0 aliphatic heterocycles. The number of aromatic nitrogens is 4. The van der Waals surface area contributed by atoms with Crippen LogP contribution in [-0.2, 0) is 0 Å². The Balaban J connectivity index is 1.49. The van der Waals surface area contributed by atoms with Gasteiger partial charge in [0.15, 0.2) is 5.75 Å². The maximum atomic E-state index is 12.1. The largest absolute Gasteiger partial charge is 0.432 e. The molecule has 0 radical (unpaired) electrons. The van der Waals surface area contributed by atoms with Crippen LogP contribution in [0.4, 0.5) is 20.5 Å². The van der Waals surface area contributed by atoms with Gasteiger partial charge in [-0.05, 0) is 47.3 Å². The molecule has 0 bridgehead atoms. The van der Waals surface area contributed by atoms with E-state index in [0.29, 0.717) is 10.6 Å². The fourth-order valence-corrected chi connectivity index (χ4v) is 2.79. The highest BCUT2D eigenvalue weighted by Crippen LogP contribution is 2.25. The lowest BCUT2D eigenvalue weighted by Crippen LogP contribution is -2.22. The van der Waals surface area contributed by atoms with Crippen molar-refractivity contribution in [2.75, 3.05) is 10.6 Å². The molecule has 2 N–H and O–H groups in total. The molecule has 1 aliphatic carbocycles. The molecule has 7 nitrogen and oxygen atoms in total. The number of nitrogens with one attached hydrogen (secondary N) is 2. The maximum absolute atomic E-state index is 12.1. The minimum Gasteiger partial charge on any atom is -0.432 e. The van der Waals surface area contributed by atoms with Crippen molar-refractivity contribution < 1.29 is 13.5 Å². The summed E-state index contributed by atoms with van der Waals surface area (Å²) < 4.78 is 29.1. The number of anilines is 2. The highest BCUT2D eigenvalue weighted by Gasteiger charge is 2.25. The van der Waals surface area contributed by atoms with Crippen molar-refractivity contribution in [3.05, 3.63) is 29.1 Å². The molecule has 0 aromatic carbocycles. The van der Waals surface area contributed by atoms with Gasteiger partial charge in [-0.3, -0.25) is 0 Å². The smallest absolute Gasteiger partial charge is 0.387 e. The standard InChI is InChI=1S/C14H15BrF2N6O/c15-11-3-4-12(23-22-11)20-8-1-2-9(5-8)21-14-18-6-10(7-19-14)24-13(16)17/h3-4,6-9,13H,1-2,5H2,(H,20,23)(H,18,19,21)/t8-,9-/m0/s1. The van der Waals surface area contributed by atoms with E-state index in [1.165, 1.54) is 12.4 Å². The summed E-state index contributed by atoms with van der Waals surface area (Å²) in [6.07, 6.45) is 5.24. The molecule has 2 atom stereocenters. The van der Waals surface area contributed by atoms with Crippen molar-refractivity contribution in [1.29, 1.82) is 0 Å². The summed E-state index contributed by atoms with van der Waals surface area (Å²) in [6, 6.07) is 4.17. The minimum absolute atomic E-state index is 0.0599. The van der Waals surface area contributed by atoms with Crippen molar-refractivity contribution in [3.63, 3.8) is 0 Å². The lowest BCUT2D eigenvalue weighted by molar-refractivity contribution is -0.0503. The Bertz CT molecular complexity index is 657. The van der Waals surface area contributed by atoms with E-state index >= 15 is 0 Å². The SMILES string of the molecule is FC(F)Oc1cnc(N[C@H]2CC[C@H](Nc3ccc(Br)nn3)C2)nc1. The lowest BCUT2D eigenvalue weighted by Gasteiger charge is -2.15. The van der Waals surface area contributed by atoms with Crippen LogP contribution in [-0.4, -0.2) is 38.9 Å². The fraction of sp³-hybridized carbons (Fsp3) is 0.429. The van der Waals surface area contributed by atoms with Crippen LogP contribution in [0.5, 0.6) is 5.75 Å². The zero-order chi connectivity index (χ0) is 16.9. The predicted octanol–water partition coefficient (Wildman–Crippen LogP) is 3.08. The summed E-state index contributed by atoms with van der Waals surface area (Å²) in [5.74, 6) is 1.06. The molecule has 0 saturated heterocycles. The van der Waals surface area contributed by atoms with Crippen LogP contribution < -0.4 is 15.4 Å². The summed E-state index contributed by atoms with van der Waals surface area (Å²) in [5.41, 5.74) is 0. The van der Waals surface area contributed by atoms with Crippen molar-refractivity contribution in [1.82, 2.24) is 20.2 Å². The van der Waals surface area contributed by atoms with Crippen LogP contribution >= 0.6 is 15.9 Å². The summed E-state index contributed by atoms with van der Waals surface area (Å²) in [7, 11) is 0. The van der Waals surface area contributed by atoms with Crippen molar-refractivity contribution >= 4 is 27.7 Å². The second-order valence-corrected chi connectivity index (χ2v) is 6.17. The molecule has 10 heteroatoms. The molecule has 2 aromatic rings. The Morgan fingerprint density at radius 1 is 1.08 bits per heavy atom. The van der Waals surface area contributed by atoms with Crippen LogP contribution in [0.25, 0.3) is 0 Å². The van der Waals surface area contributed by atoms with Crippen LogP contribution in [0.3, 0.4) is 0 Å². The molecule has 2 heterocycles. The Hall–Kier alpha value is -2.10. The number of halogens is 3. The molecule has 0 unspecified atom stereocenters. The van der Waals surface area contributed by atoms with Gasteiger partial charge < -0.3 is 15.4 Å². The first-order valence-electron chi connectivity index (χ1n) is 7.37. The van der Waals surface area contributed by atoms with Gasteiger partial charge in [0.1, 0.15) is 10.4 Å². The summed E-state index contributed by atoms with van der Waals surface area (Å²) in [4.78, 5) is 7.97. The summed E-state index contributed by atoms with van der Waals surface area (Å²) in [5, 5.41) is 14.5. The highest BCUT2D eigenvalue weighted by atomic mass is 79.9. The van der Waals surface area contributed by atoms with Crippen molar-refractivity contribution in [2.45, 2.75) is 38.0 Å². The first kappa shape index (κ1) is 16.7. The van der Waals surface area contributed by atoms with Gasteiger partial charge in [-0.15, -0.1) is 10.2 Å². The fourth-order valence-electron chi connectivity index (χ4n) is 2.58. The Kier molecular flexibility index (Phi) is 5.34. The second-order valence-electron chi connectivity index (χ2n) is 5.36. The monoisotopic (exact) mass is 400 g/mol. The third-order valence-corrected chi connectivity index (χ3v) is 4.03. The second kappa shape index (κ2) is 7.65. The molecule has 3 rings (SSSR count). The number of hydrogen-bond acceptors (Lipinski definition) is 7. The third kappa shape index (κ3) is 4.70. The van der Waals surface area contributed by atoms with Gasteiger partial charge in [0.25, 0.3) is 0 Å². The van der Waals surface area contributed by atoms with Crippen molar-refractivity contribution in [2.24, 2.45) is 0 Å². The molecule has 0 spiro atoms. The van der Waals surface area contributed by atoms with E-state index in [0.717, 1.165) is 25.1 Å². The Morgan fingerprint density at radius 3 is 2.42 bits per heavy atom. The van der Waals surface area contributed by atoms with E-state index in [2.05, 4.69) is 51.5 Å². The van der Waals surface area contributed by atoms with Gasteiger partial charge in [0.05, 0.1) is 12.4 Å². The Morgan fingerprint density at radius 2 is 1.79 bits per heavy atom. The van der Waals surface area contributed by atoms with E-state index < -0.39 is 6.61 Å². The zero-order valence-corrected chi connectivity index (χ0v) is 14.1. The summed E-state index contributed by atoms with van der Waals surface area (Å²) in [6.45, 7) is -2.88. The topological polar surface area (TPSA) is 84.9 Å². The molecule has 1 aliphatic rings. The molecule has 2 aromatic heterocycles. The van der Waals surface area contributed by atoms with Gasteiger partial charge >= 0.3 is 6.61 Å². The van der Waals surface area contributed by atoms with Crippen LogP contribution in [0.1, 0.15) is 19.3 Å².